The van der Waals surface area contributed by atoms with E-state index in [2.05, 4.69) is 16.0 Å². The molecule has 0 spiro atoms. The molecule has 92 valence electrons. The van der Waals surface area contributed by atoms with Crippen LogP contribution >= 0.6 is 0 Å². The molecule has 0 saturated heterocycles. The molecule has 1 heterocycles. The minimum atomic E-state index is -0.435. The lowest BCUT2D eigenvalue weighted by Gasteiger charge is -2.26. The van der Waals surface area contributed by atoms with E-state index in [1.165, 1.54) is 24.8 Å². The van der Waals surface area contributed by atoms with Gasteiger partial charge in [0.1, 0.15) is 5.69 Å². The number of nitrogens with two attached hydrogens (primary N) is 1. The van der Waals surface area contributed by atoms with Crippen molar-refractivity contribution in [2.24, 2.45) is 0 Å². The van der Waals surface area contributed by atoms with Gasteiger partial charge in [-0.05, 0) is 30.4 Å². The quantitative estimate of drug-likeness (QED) is 0.881. The van der Waals surface area contributed by atoms with Crippen molar-refractivity contribution in [1.29, 1.82) is 0 Å². The standard InChI is InChI=1S/C14H14FN3/c15-12-8-17-14(16)18-13(12)11-6-2-5-10(7-11)9-3-1-4-9/h2,5-9H,1,3-4H2,(H2,16,17,18). The van der Waals surface area contributed by atoms with Crippen LogP contribution in [0.3, 0.4) is 0 Å². The van der Waals surface area contributed by atoms with Crippen molar-refractivity contribution in [2.75, 3.05) is 5.73 Å². The van der Waals surface area contributed by atoms with Gasteiger partial charge in [0.25, 0.3) is 0 Å². The summed E-state index contributed by atoms with van der Waals surface area (Å²) in [6.45, 7) is 0. The summed E-state index contributed by atoms with van der Waals surface area (Å²) in [4.78, 5) is 7.62. The van der Waals surface area contributed by atoms with Crippen LogP contribution < -0.4 is 5.73 Å². The summed E-state index contributed by atoms with van der Waals surface area (Å²) in [6, 6.07) is 7.90. The van der Waals surface area contributed by atoms with Crippen LogP contribution in [0.1, 0.15) is 30.7 Å². The largest absolute Gasteiger partial charge is 0.368 e. The summed E-state index contributed by atoms with van der Waals surface area (Å²) in [5.41, 5.74) is 7.82. The molecule has 0 atom stereocenters. The number of anilines is 1. The molecule has 1 aromatic heterocycles. The molecule has 0 aliphatic heterocycles. The molecule has 1 saturated carbocycles. The van der Waals surface area contributed by atoms with Crippen LogP contribution in [0, 0.1) is 5.82 Å². The Morgan fingerprint density at radius 2 is 2.11 bits per heavy atom. The number of nitrogen functional groups attached to an aromatic ring is 1. The van der Waals surface area contributed by atoms with Crippen molar-refractivity contribution >= 4 is 5.95 Å². The topological polar surface area (TPSA) is 51.8 Å². The van der Waals surface area contributed by atoms with Crippen molar-refractivity contribution in [2.45, 2.75) is 25.2 Å². The van der Waals surface area contributed by atoms with Crippen molar-refractivity contribution < 1.29 is 4.39 Å². The first-order valence-corrected chi connectivity index (χ1v) is 6.12. The molecule has 3 rings (SSSR count). The first-order chi connectivity index (χ1) is 8.74. The lowest BCUT2D eigenvalue weighted by Crippen LogP contribution is -2.08. The second-order valence-electron chi connectivity index (χ2n) is 4.68. The van der Waals surface area contributed by atoms with Gasteiger partial charge in [-0.2, -0.15) is 0 Å². The maximum atomic E-state index is 13.7. The molecule has 3 nitrogen and oxygen atoms in total. The molecule has 1 fully saturated rings. The van der Waals surface area contributed by atoms with Gasteiger partial charge in [-0.25, -0.2) is 14.4 Å². The Balaban J connectivity index is 2.02. The molecule has 1 aliphatic rings. The lowest BCUT2D eigenvalue weighted by molar-refractivity contribution is 0.420. The third-order valence-electron chi connectivity index (χ3n) is 3.50. The van der Waals surface area contributed by atoms with Crippen molar-refractivity contribution in [3.63, 3.8) is 0 Å². The number of hydrogen-bond acceptors (Lipinski definition) is 3. The van der Waals surface area contributed by atoms with Gasteiger partial charge in [0.05, 0.1) is 6.20 Å². The second-order valence-corrected chi connectivity index (χ2v) is 4.68. The van der Waals surface area contributed by atoms with Gasteiger partial charge in [0.15, 0.2) is 5.82 Å². The number of halogens is 1. The van der Waals surface area contributed by atoms with Crippen LogP contribution in [0.4, 0.5) is 10.3 Å². The highest BCUT2D eigenvalue weighted by molar-refractivity contribution is 5.61. The molecule has 1 aromatic carbocycles. The number of nitrogens with zero attached hydrogens (tertiary/aromatic N) is 2. The second kappa shape index (κ2) is 4.37. The zero-order valence-electron chi connectivity index (χ0n) is 9.94. The molecule has 0 bridgehead atoms. The van der Waals surface area contributed by atoms with Crippen molar-refractivity contribution in [1.82, 2.24) is 9.97 Å². The number of hydrogen-bond donors (Lipinski definition) is 1. The number of aromatic nitrogens is 2. The highest BCUT2D eigenvalue weighted by atomic mass is 19.1. The molecule has 0 unspecified atom stereocenters. The fraction of sp³-hybridized carbons (Fsp3) is 0.286. The maximum absolute atomic E-state index is 13.7. The van der Waals surface area contributed by atoms with Crippen molar-refractivity contribution in [3.8, 4) is 11.3 Å². The summed E-state index contributed by atoms with van der Waals surface area (Å²) >= 11 is 0. The summed E-state index contributed by atoms with van der Waals surface area (Å²) in [7, 11) is 0. The van der Waals surface area contributed by atoms with Crippen LogP contribution in [0.5, 0.6) is 0 Å². The molecule has 2 N–H and O–H groups in total. The molecule has 0 radical (unpaired) electrons. The number of benzene rings is 1. The van der Waals surface area contributed by atoms with Gasteiger partial charge in [-0.1, -0.05) is 24.6 Å². The Hall–Kier alpha value is -1.97. The highest BCUT2D eigenvalue weighted by Gasteiger charge is 2.20. The van der Waals surface area contributed by atoms with Crippen LogP contribution in [0.25, 0.3) is 11.3 Å². The summed E-state index contributed by atoms with van der Waals surface area (Å²) in [5, 5.41) is 0. The van der Waals surface area contributed by atoms with Crippen LogP contribution in [-0.2, 0) is 0 Å². The van der Waals surface area contributed by atoms with E-state index in [9.17, 15) is 4.39 Å². The molecular formula is C14H14FN3. The Morgan fingerprint density at radius 3 is 2.83 bits per heavy atom. The monoisotopic (exact) mass is 243 g/mol. The molecule has 1 aliphatic carbocycles. The van der Waals surface area contributed by atoms with Crippen LogP contribution in [-0.4, -0.2) is 9.97 Å². The summed E-state index contributed by atoms with van der Waals surface area (Å²) in [5.74, 6) is 0.280. The molecule has 2 aromatic rings. The Bertz CT molecular complexity index is 579. The van der Waals surface area contributed by atoms with E-state index in [1.807, 2.05) is 18.2 Å². The first-order valence-electron chi connectivity index (χ1n) is 6.12. The van der Waals surface area contributed by atoms with E-state index >= 15 is 0 Å². The highest BCUT2D eigenvalue weighted by Crippen LogP contribution is 2.37. The molecule has 18 heavy (non-hydrogen) atoms. The van der Waals surface area contributed by atoms with Crippen LogP contribution in [0.15, 0.2) is 30.5 Å². The van der Waals surface area contributed by atoms with E-state index < -0.39 is 5.82 Å². The third kappa shape index (κ3) is 1.94. The Kier molecular flexibility index (Phi) is 2.70. The third-order valence-corrected chi connectivity index (χ3v) is 3.50. The average Bonchev–Trinajstić information content (AvgIpc) is 2.30. The van der Waals surface area contributed by atoms with Gasteiger partial charge in [0.2, 0.25) is 5.95 Å². The zero-order valence-corrected chi connectivity index (χ0v) is 9.94. The van der Waals surface area contributed by atoms with E-state index in [-0.39, 0.29) is 11.6 Å². The molecular weight excluding hydrogens is 229 g/mol. The predicted molar refractivity (Wildman–Crippen MR) is 68.4 cm³/mol. The van der Waals surface area contributed by atoms with E-state index in [1.54, 1.807) is 0 Å². The minimum absolute atomic E-state index is 0.0976. The predicted octanol–water partition coefficient (Wildman–Crippen LogP) is 3.13. The first kappa shape index (κ1) is 11.1. The minimum Gasteiger partial charge on any atom is -0.368 e. The Morgan fingerprint density at radius 1 is 1.28 bits per heavy atom. The normalized spacial score (nSPS) is 15.4. The maximum Gasteiger partial charge on any atom is 0.220 e. The van der Waals surface area contributed by atoms with E-state index in [0.717, 1.165) is 11.8 Å². The Labute approximate surface area is 105 Å². The fourth-order valence-corrected chi connectivity index (χ4v) is 2.26. The van der Waals surface area contributed by atoms with Gasteiger partial charge < -0.3 is 5.73 Å². The van der Waals surface area contributed by atoms with Gasteiger partial charge >= 0.3 is 0 Å². The average molecular weight is 243 g/mol. The van der Waals surface area contributed by atoms with Crippen LogP contribution in [0.2, 0.25) is 0 Å². The zero-order chi connectivity index (χ0) is 12.5. The molecule has 0 amide bonds. The SMILES string of the molecule is Nc1ncc(F)c(-c2cccc(C3CCC3)c2)n1. The summed E-state index contributed by atoms with van der Waals surface area (Å²) in [6.07, 6.45) is 4.84. The van der Waals surface area contributed by atoms with Crippen molar-refractivity contribution in [3.05, 3.63) is 41.8 Å². The molecule has 4 heteroatoms. The van der Waals surface area contributed by atoms with E-state index in [0.29, 0.717) is 5.92 Å². The van der Waals surface area contributed by atoms with Gasteiger partial charge in [0, 0.05) is 5.56 Å². The van der Waals surface area contributed by atoms with Gasteiger partial charge in [-0.3, -0.25) is 0 Å². The van der Waals surface area contributed by atoms with E-state index in [4.69, 9.17) is 5.73 Å². The fourth-order valence-electron chi connectivity index (χ4n) is 2.26. The number of rotatable bonds is 2. The lowest BCUT2D eigenvalue weighted by atomic mass is 9.79. The van der Waals surface area contributed by atoms with Gasteiger partial charge in [-0.15, -0.1) is 0 Å². The summed E-state index contributed by atoms with van der Waals surface area (Å²) < 4.78 is 13.7. The smallest absolute Gasteiger partial charge is 0.220 e.